The van der Waals surface area contributed by atoms with Gasteiger partial charge in [0.05, 0.1) is 0 Å². The Labute approximate surface area is 211 Å². The number of rotatable bonds is 7. The van der Waals surface area contributed by atoms with Crippen LogP contribution < -0.4 is 10.2 Å². The van der Waals surface area contributed by atoms with Crippen LogP contribution in [0, 0.1) is 5.41 Å². The summed E-state index contributed by atoms with van der Waals surface area (Å²) in [5, 5.41) is 9.08. The molecule has 7 heteroatoms. The van der Waals surface area contributed by atoms with E-state index in [0.29, 0.717) is 17.5 Å². The molecule has 0 saturated carbocycles. The largest absolute Gasteiger partial charge is 0.372 e. The van der Waals surface area contributed by atoms with E-state index >= 15 is 0 Å². The van der Waals surface area contributed by atoms with E-state index < -0.39 is 0 Å². The van der Waals surface area contributed by atoms with Gasteiger partial charge in [-0.1, -0.05) is 68.1 Å². The van der Waals surface area contributed by atoms with E-state index in [-0.39, 0.29) is 17.2 Å². The number of allylic oxidation sites excluding steroid dienone is 2. The van der Waals surface area contributed by atoms with E-state index in [1.54, 1.807) is 11.8 Å². The zero-order valence-electron chi connectivity index (χ0n) is 20.9. The number of thioether (sulfide) groups is 1. The van der Waals surface area contributed by atoms with Crippen molar-refractivity contribution in [3.8, 4) is 0 Å². The molecule has 6 nitrogen and oxygen atoms in total. The lowest BCUT2D eigenvalue weighted by atomic mass is 9.73. The maximum atomic E-state index is 13.5. The molecular weight excluding hydrogens is 454 g/mol. The molecule has 2 aromatic carbocycles. The number of anilines is 2. The first-order valence-corrected chi connectivity index (χ1v) is 13.4. The van der Waals surface area contributed by atoms with Gasteiger partial charge in [-0.3, -0.25) is 4.79 Å². The molecule has 3 aromatic rings. The van der Waals surface area contributed by atoms with Crippen LogP contribution in [0.5, 0.6) is 0 Å². The van der Waals surface area contributed by atoms with Crippen molar-refractivity contribution in [1.82, 2.24) is 14.8 Å². The number of ketones is 1. The van der Waals surface area contributed by atoms with E-state index in [1.165, 1.54) is 11.3 Å². The average molecular weight is 488 g/mol. The summed E-state index contributed by atoms with van der Waals surface area (Å²) in [5.41, 5.74) is 5.23. The number of nitrogens with one attached hydrogen (secondary N) is 1. The van der Waals surface area contributed by atoms with Crippen molar-refractivity contribution < 1.29 is 4.79 Å². The Morgan fingerprint density at radius 3 is 2.46 bits per heavy atom. The van der Waals surface area contributed by atoms with Crippen molar-refractivity contribution in [2.45, 2.75) is 57.5 Å². The van der Waals surface area contributed by atoms with Crippen LogP contribution in [-0.4, -0.2) is 33.6 Å². The number of carbonyl (C=O) groups is 1. The number of carbonyl (C=O) groups excluding carboxylic acids is 1. The van der Waals surface area contributed by atoms with Crippen LogP contribution in [0.25, 0.3) is 0 Å². The van der Waals surface area contributed by atoms with Gasteiger partial charge < -0.3 is 10.2 Å². The van der Waals surface area contributed by atoms with Gasteiger partial charge in [0.2, 0.25) is 11.1 Å². The molecule has 1 atom stereocenters. The van der Waals surface area contributed by atoms with Gasteiger partial charge in [-0.25, -0.2) is 4.68 Å². The summed E-state index contributed by atoms with van der Waals surface area (Å²) in [4.78, 5) is 20.6. The fraction of sp³-hybridized carbons (Fsp3) is 0.393. The van der Waals surface area contributed by atoms with Gasteiger partial charge in [0, 0.05) is 42.2 Å². The Hall–Kier alpha value is -3.06. The standard InChI is InChI=1S/C28H33N5OS/c1-5-32(6-2)21-14-12-20(13-15-21)25-24-22(16-28(3,4)17-23(24)34)29-26-30-27(31-33(25)26)35-18-19-10-8-7-9-11-19/h7-15,25H,5-6,16-18H2,1-4H3,(H,29,30,31). The summed E-state index contributed by atoms with van der Waals surface area (Å²) in [6.07, 6.45) is 1.36. The first kappa shape index (κ1) is 23.7. The Morgan fingerprint density at radius 2 is 1.77 bits per heavy atom. The van der Waals surface area contributed by atoms with Crippen LogP contribution in [-0.2, 0) is 10.5 Å². The van der Waals surface area contributed by atoms with Gasteiger partial charge in [-0.05, 0) is 48.9 Å². The second-order valence-corrected chi connectivity index (χ2v) is 11.0. The second-order valence-electron chi connectivity index (χ2n) is 10.1. The SMILES string of the molecule is CCN(CC)c1ccc(C2C3=C(CC(C)(C)CC3=O)Nc3nc(SCc4ccccc4)nn32)cc1. The molecule has 0 saturated heterocycles. The molecule has 5 rings (SSSR count). The minimum atomic E-state index is -0.269. The van der Waals surface area contributed by atoms with Gasteiger partial charge in [-0.2, -0.15) is 4.98 Å². The molecule has 0 amide bonds. The molecular formula is C28H33N5OS. The number of hydrogen-bond acceptors (Lipinski definition) is 6. The molecule has 0 bridgehead atoms. The molecule has 2 heterocycles. The first-order valence-electron chi connectivity index (χ1n) is 12.4. The van der Waals surface area contributed by atoms with Crippen LogP contribution in [0.2, 0.25) is 0 Å². The minimum Gasteiger partial charge on any atom is -0.372 e. The van der Waals surface area contributed by atoms with Crippen LogP contribution >= 0.6 is 11.8 Å². The lowest BCUT2D eigenvalue weighted by Crippen LogP contribution is -2.36. The summed E-state index contributed by atoms with van der Waals surface area (Å²) in [6, 6.07) is 18.7. The molecule has 1 aliphatic heterocycles. The molecule has 1 aliphatic carbocycles. The summed E-state index contributed by atoms with van der Waals surface area (Å²) >= 11 is 1.62. The maximum Gasteiger partial charge on any atom is 0.227 e. The summed E-state index contributed by atoms with van der Waals surface area (Å²) in [6.45, 7) is 10.6. The molecule has 182 valence electrons. The predicted molar refractivity (Wildman–Crippen MR) is 143 cm³/mol. The van der Waals surface area contributed by atoms with E-state index in [1.807, 2.05) is 22.9 Å². The minimum absolute atomic E-state index is 0.0762. The molecule has 0 fully saturated rings. The van der Waals surface area contributed by atoms with Crippen molar-refractivity contribution in [2.24, 2.45) is 5.41 Å². The van der Waals surface area contributed by atoms with E-state index in [9.17, 15) is 4.79 Å². The summed E-state index contributed by atoms with van der Waals surface area (Å²) in [7, 11) is 0. The van der Waals surface area contributed by atoms with E-state index in [2.05, 4.69) is 74.3 Å². The van der Waals surface area contributed by atoms with Crippen LogP contribution in [0.15, 0.2) is 71.0 Å². The average Bonchev–Trinajstić information content (AvgIpc) is 3.25. The number of hydrogen-bond donors (Lipinski definition) is 1. The molecule has 1 N–H and O–H groups in total. The highest BCUT2D eigenvalue weighted by Gasteiger charge is 2.41. The molecule has 2 aliphatic rings. The van der Waals surface area contributed by atoms with Crippen molar-refractivity contribution >= 4 is 29.2 Å². The fourth-order valence-corrected chi connectivity index (χ4v) is 5.92. The Balaban J connectivity index is 1.52. The number of fused-ring (bicyclic) bond motifs is 1. The quantitative estimate of drug-likeness (QED) is 0.408. The monoisotopic (exact) mass is 487 g/mol. The number of Topliss-reactive ketones (excluding diaryl/α,β-unsaturated/α-hetero) is 1. The van der Waals surface area contributed by atoms with Gasteiger partial charge in [0.1, 0.15) is 6.04 Å². The number of nitrogens with zero attached hydrogens (tertiary/aromatic N) is 4. The lowest BCUT2D eigenvalue weighted by Gasteiger charge is -2.38. The highest BCUT2D eigenvalue weighted by Crippen LogP contribution is 2.45. The smallest absolute Gasteiger partial charge is 0.227 e. The lowest BCUT2D eigenvalue weighted by molar-refractivity contribution is -0.118. The summed E-state index contributed by atoms with van der Waals surface area (Å²) in [5.74, 6) is 1.70. The molecule has 1 aromatic heterocycles. The Morgan fingerprint density at radius 1 is 1.06 bits per heavy atom. The van der Waals surface area contributed by atoms with Crippen molar-refractivity contribution in [3.05, 3.63) is 77.0 Å². The number of benzene rings is 2. The molecule has 1 unspecified atom stereocenters. The Kier molecular flexibility index (Phi) is 6.45. The van der Waals surface area contributed by atoms with Gasteiger partial charge >= 0.3 is 0 Å². The normalized spacial score (nSPS) is 18.6. The van der Waals surface area contributed by atoms with Gasteiger partial charge in [0.15, 0.2) is 5.78 Å². The zero-order valence-corrected chi connectivity index (χ0v) is 21.7. The highest BCUT2D eigenvalue weighted by atomic mass is 32.2. The number of aromatic nitrogens is 3. The second kappa shape index (κ2) is 9.53. The third-order valence-corrected chi connectivity index (χ3v) is 7.77. The zero-order chi connectivity index (χ0) is 24.6. The van der Waals surface area contributed by atoms with Crippen LogP contribution in [0.4, 0.5) is 11.6 Å². The van der Waals surface area contributed by atoms with Crippen molar-refractivity contribution in [2.75, 3.05) is 23.3 Å². The topological polar surface area (TPSA) is 63.1 Å². The Bertz CT molecular complexity index is 1240. The fourth-order valence-electron chi connectivity index (χ4n) is 5.14. The van der Waals surface area contributed by atoms with Crippen LogP contribution in [0.3, 0.4) is 0 Å². The van der Waals surface area contributed by atoms with Crippen molar-refractivity contribution in [1.29, 1.82) is 0 Å². The third kappa shape index (κ3) is 4.74. The summed E-state index contributed by atoms with van der Waals surface area (Å²) < 4.78 is 1.91. The predicted octanol–water partition coefficient (Wildman–Crippen LogP) is 6.07. The molecule has 35 heavy (non-hydrogen) atoms. The highest BCUT2D eigenvalue weighted by molar-refractivity contribution is 7.98. The first-order chi connectivity index (χ1) is 16.9. The van der Waals surface area contributed by atoms with E-state index in [4.69, 9.17) is 10.1 Å². The van der Waals surface area contributed by atoms with E-state index in [0.717, 1.165) is 42.1 Å². The molecule has 0 spiro atoms. The van der Waals surface area contributed by atoms with Crippen molar-refractivity contribution in [3.63, 3.8) is 0 Å². The van der Waals surface area contributed by atoms with Gasteiger partial charge in [-0.15, -0.1) is 5.10 Å². The maximum absolute atomic E-state index is 13.5. The third-order valence-electron chi connectivity index (χ3n) is 6.86. The molecule has 0 radical (unpaired) electrons. The van der Waals surface area contributed by atoms with Gasteiger partial charge in [0.25, 0.3) is 0 Å². The van der Waals surface area contributed by atoms with Crippen LogP contribution in [0.1, 0.15) is 57.7 Å².